The van der Waals surface area contributed by atoms with E-state index in [0.717, 1.165) is 23.2 Å². The summed E-state index contributed by atoms with van der Waals surface area (Å²) in [6, 6.07) is 13.5. The zero-order chi connectivity index (χ0) is 20.8. The first kappa shape index (κ1) is 19.7. The summed E-state index contributed by atoms with van der Waals surface area (Å²) in [7, 11) is -1.94. The zero-order valence-electron chi connectivity index (χ0n) is 16.8. The van der Waals surface area contributed by atoms with Crippen LogP contribution in [-0.2, 0) is 16.6 Å². The number of carbonyl (C=O) groups is 1. The Balaban J connectivity index is 2.05. The molecule has 0 saturated heterocycles. The fraction of sp³-hybridized carbons (Fsp3) is 0.318. The quantitative estimate of drug-likeness (QED) is 0.613. The number of likely N-dealkylation sites (N-methyl/N-ethyl adjacent to an activating group) is 1. The second-order valence-electron chi connectivity index (χ2n) is 7.69. The van der Waals surface area contributed by atoms with Gasteiger partial charge in [0.05, 0.1) is 10.4 Å². The molecule has 0 radical (unpaired) electrons. The highest BCUT2D eigenvalue weighted by atomic mass is 32.2. The van der Waals surface area contributed by atoms with Gasteiger partial charge in [0, 0.05) is 30.0 Å². The number of ether oxygens (including phenoxy) is 1. The Labute approximate surface area is 170 Å². The van der Waals surface area contributed by atoms with Gasteiger partial charge in [-0.15, -0.1) is 0 Å². The Morgan fingerprint density at radius 1 is 1.10 bits per heavy atom. The Bertz CT molecular complexity index is 1180. The number of carbonyl (C=O) groups excluding carboxylic acids is 1. The molecule has 0 fully saturated rings. The number of rotatable bonds is 4. The molecule has 0 spiro atoms. The second-order valence-corrected chi connectivity index (χ2v) is 9.48. The van der Waals surface area contributed by atoms with Crippen LogP contribution in [0, 0.1) is 5.92 Å². The molecular formula is C22H24N2O4S. The van der Waals surface area contributed by atoms with Crippen molar-refractivity contribution < 1.29 is 17.9 Å². The molecule has 1 aliphatic rings. The second kappa shape index (κ2) is 7.31. The average molecular weight is 413 g/mol. The largest absolute Gasteiger partial charge is 0.492 e. The van der Waals surface area contributed by atoms with Gasteiger partial charge in [0.1, 0.15) is 18.1 Å². The Hall–Kier alpha value is -2.64. The summed E-state index contributed by atoms with van der Waals surface area (Å²) in [5.74, 6) is 0.193. The molecule has 3 aromatic rings. The molecule has 0 bridgehead atoms. The lowest BCUT2D eigenvalue weighted by molar-refractivity contribution is 0.0933. The third-order valence-corrected chi connectivity index (χ3v) is 6.97. The Morgan fingerprint density at radius 2 is 1.83 bits per heavy atom. The number of benzene rings is 2. The van der Waals surface area contributed by atoms with Crippen molar-refractivity contribution in [1.29, 1.82) is 0 Å². The van der Waals surface area contributed by atoms with E-state index in [4.69, 9.17) is 4.74 Å². The van der Waals surface area contributed by atoms with Crippen molar-refractivity contribution in [3.8, 4) is 5.75 Å². The topological polar surface area (TPSA) is 68.6 Å². The molecule has 0 N–H and O–H groups in total. The lowest BCUT2D eigenvalue weighted by Gasteiger charge is -2.14. The van der Waals surface area contributed by atoms with Crippen LogP contribution in [0.2, 0.25) is 0 Å². The molecule has 0 aliphatic carbocycles. The number of fused-ring (bicyclic) bond motifs is 3. The van der Waals surface area contributed by atoms with E-state index in [1.54, 1.807) is 62.4 Å². The lowest BCUT2D eigenvalue weighted by Crippen LogP contribution is -2.20. The van der Waals surface area contributed by atoms with Gasteiger partial charge in [0.15, 0.2) is 5.78 Å². The minimum Gasteiger partial charge on any atom is -0.492 e. The van der Waals surface area contributed by atoms with Gasteiger partial charge in [0.2, 0.25) is 0 Å². The maximum Gasteiger partial charge on any atom is 0.268 e. The number of Topliss-reactive ketones (excluding diaryl/α,β-unsaturated/α-hetero) is 1. The third kappa shape index (κ3) is 3.34. The van der Waals surface area contributed by atoms with Gasteiger partial charge in [-0.3, -0.25) is 9.69 Å². The molecule has 6 nitrogen and oxygen atoms in total. The number of nitrogens with zero attached hydrogens (tertiary/aromatic N) is 2. The van der Waals surface area contributed by atoms with Crippen LogP contribution in [0.15, 0.2) is 53.4 Å². The molecule has 7 heteroatoms. The van der Waals surface area contributed by atoms with E-state index >= 15 is 0 Å². The normalized spacial score (nSPS) is 15.2. The first-order valence-corrected chi connectivity index (χ1v) is 11.1. The highest BCUT2D eigenvalue weighted by Gasteiger charge is 2.29. The van der Waals surface area contributed by atoms with E-state index in [9.17, 15) is 13.2 Å². The molecule has 152 valence electrons. The van der Waals surface area contributed by atoms with Crippen molar-refractivity contribution in [2.75, 3.05) is 20.2 Å². The fourth-order valence-electron chi connectivity index (χ4n) is 3.68. The zero-order valence-corrected chi connectivity index (χ0v) is 17.6. The van der Waals surface area contributed by atoms with Crippen molar-refractivity contribution in [3.05, 3.63) is 59.8 Å². The predicted molar refractivity (Wildman–Crippen MR) is 112 cm³/mol. The van der Waals surface area contributed by atoms with E-state index in [2.05, 4.69) is 4.90 Å². The van der Waals surface area contributed by atoms with Crippen molar-refractivity contribution >= 4 is 26.7 Å². The van der Waals surface area contributed by atoms with Crippen molar-refractivity contribution in [2.24, 2.45) is 5.92 Å². The lowest BCUT2D eigenvalue weighted by atomic mass is 10.0. The summed E-state index contributed by atoms with van der Waals surface area (Å²) in [5, 5.41) is 0.736. The number of hydrogen-bond acceptors (Lipinski definition) is 5. The van der Waals surface area contributed by atoms with Crippen LogP contribution in [0.25, 0.3) is 10.9 Å². The summed E-state index contributed by atoms with van der Waals surface area (Å²) in [5.41, 5.74) is 1.58. The van der Waals surface area contributed by atoms with Crippen LogP contribution in [-0.4, -0.2) is 43.3 Å². The molecule has 0 saturated carbocycles. The summed E-state index contributed by atoms with van der Waals surface area (Å²) < 4.78 is 34.1. The van der Waals surface area contributed by atoms with Crippen LogP contribution in [0.1, 0.15) is 29.9 Å². The van der Waals surface area contributed by atoms with Gasteiger partial charge >= 0.3 is 0 Å². The molecule has 1 aromatic heterocycles. The minimum absolute atomic E-state index is 0.151. The van der Waals surface area contributed by atoms with Crippen molar-refractivity contribution in [3.63, 3.8) is 0 Å². The predicted octanol–water partition coefficient (Wildman–Crippen LogP) is 3.54. The first-order chi connectivity index (χ1) is 13.8. The fourth-order valence-corrected chi connectivity index (χ4v) is 5.21. The van der Waals surface area contributed by atoms with Gasteiger partial charge in [-0.1, -0.05) is 32.0 Å². The Morgan fingerprint density at radius 3 is 2.52 bits per heavy atom. The number of aromatic nitrogens is 1. The standard InChI is InChI=1S/C22H24N2O4S/c1-15(2)22(25)20-13-17-18-14-23(3)11-12-28-21(18)10-9-19(17)24(20)29(26,27)16-7-5-4-6-8-16/h4-10,13,15H,11-12,14H2,1-3H3. The summed E-state index contributed by atoms with van der Waals surface area (Å²) in [6.07, 6.45) is 0. The third-order valence-electron chi connectivity index (χ3n) is 5.23. The number of ketones is 1. The van der Waals surface area contributed by atoms with E-state index in [1.165, 1.54) is 3.97 Å². The van der Waals surface area contributed by atoms with E-state index in [-0.39, 0.29) is 22.3 Å². The maximum atomic E-state index is 13.5. The molecule has 2 aromatic carbocycles. The molecule has 0 amide bonds. The molecule has 29 heavy (non-hydrogen) atoms. The Kier molecular flexibility index (Phi) is 4.96. The van der Waals surface area contributed by atoms with Crippen LogP contribution in [0.5, 0.6) is 5.75 Å². The van der Waals surface area contributed by atoms with Gasteiger partial charge in [0.25, 0.3) is 10.0 Å². The average Bonchev–Trinajstić information content (AvgIpc) is 2.99. The van der Waals surface area contributed by atoms with Gasteiger partial charge < -0.3 is 4.74 Å². The maximum absolute atomic E-state index is 13.5. The van der Waals surface area contributed by atoms with Crippen molar-refractivity contribution in [1.82, 2.24) is 8.87 Å². The van der Waals surface area contributed by atoms with E-state index < -0.39 is 10.0 Å². The highest BCUT2D eigenvalue weighted by molar-refractivity contribution is 7.90. The summed E-state index contributed by atoms with van der Waals surface area (Å²) >= 11 is 0. The summed E-state index contributed by atoms with van der Waals surface area (Å²) in [6.45, 7) is 5.51. The van der Waals surface area contributed by atoms with Crippen LogP contribution in [0.4, 0.5) is 0 Å². The molecule has 2 heterocycles. The molecule has 0 unspecified atom stereocenters. The minimum atomic E-state index is -3.94. The van der Waals surface area contributed by atoms with Crippen LogP contribution < -0.4 is 4.74 Å². The molecule has 4 rings (SSSR count). The highest BCUT2D eigenvalue weighted by Crippen LogP contribution is 2.35. The number of hydrogen-bond donors (Lipinski definition) is 0. The molecular weight excluding hydrogens is 388 g/mol. The van der Waals surface area contributed by atoms with Crippen molar-refractivity contribution in [2.45, 2.75) is 25.3 Å². The molecule has 0 atom stereocenters. The smallest absolute Gasteiger partial charge is 0.268 e. The van der Waals surface area contributed by atoms with E-state index in [0.29, 0.717) is 18.7 Å². The van der Waals surface area contributed by atoms with Gasteiger partial charge in [-0.2, -0.15) is 0 Å². The monoisotopic (exact) mass is 412 g/mol. The summed E-state index contributed by atoms with van der Waals surface area (Å²) in [4.78, 5) is 15.3. The van der Waals surface area contributed by atoms with Crippen LogP contribution >= 0.6 is 0 Å². The van der Waals surface area contributed by atoms with E-state index in [1.807, 2.05) is 7.05 Å². The van der Waals surface area contributed by atoms with Gasteiger partial charge in [-0.25, -0.2) is 12.4 Å². The SMILES string of the molecule is CC(C)C(=O)c1cc2c3c(ccc2n1S(=O)(=O)c1ccccc1)OCCN(C)C3. The van der Waals surface area contributed by atoms with Gasteiger partial charge in [-0.05, 0) is 37.4 Å². The first-order valence-electron chi connectivity index (χ1n) is 9.64. The van der Waals surface area contributed by atoms with Crippen LogP contribution in [0.3, 0.4) is 0 Å². The molecule has 1 aliphatic heterocycles.